The molecule has 4 rings (SSSR count). The number of hydrogen-bond donors (Lipinski definition) is 2. The van der Waals surface area contributed by atoms with Crippen molar-refractivity contribution in [2.75, 3.05) is 22.8 Å². The summed E-state index contributed by atoms with van der Waals surface area (Å²) in [7, 11) is -3.00. The maximum Gasteiger partial charge on any atom is 0.436 e. The lowest BCUT2D eigenvalue weighted by molar-refractivity contribution is -0.604. The smallest absolute Gasteiger partial charge is 0.436 e. The van der Waals surface area contributed by atoms with Crippen molar-refractivity contribution < 1.29 is 22.4 Å². The number of quaternary nitrogens is 1. The third kappa shape index (κ3) is 4.41. The molecule has 1 aromatic carbocycles. The van der Waals surface area contributed by atoms with Gasteiger partial charge in [-0.05, 0) is 55.4 Å². The van der Waals surface area contributed by atoms with Gasteiger partial charge in [-0.15, -0.1) is 0 Å². The number of hydrogen-bond acceptors (Lipinski definition) is 6. The van der Waals surface area contributed by atoms with E-state index in [0.717, 1.165) is 34.7 Å². The molecule has 168 valence electrons. The third-order valence-electron chi connectivity index (χ3n) is 5.58. The van der Waals surface area contributed by atoms with Crippen LogP contribution in [0.2, 0.25) is 5.02 Å². The Kier molecular flexibility index (Phi) is 6.22. The van der Waals surface area contributed by atoms with E-state index in [0.29, 0.717) is 36.8 Å². The average Bonchev–Trinajstić information content (AvgIpc) is 3.37. The van der Waals surface area contributed by atoms with Crippen LogP contribution in [-0.2, 0) is 34.8 Å². The zero-order chi connectivity index (χ0) is 22.2. The predicted molar refractivity (Wildman–Crippen MR) is 115 cm³/mol. The minimum atomic E-state index is -4.64. The van der Waals surface area contributed by atoms with E-state index in [4.69, 9.17) is 16.3 Å². The van der Waals surface area contributed by atoms with Crippen LogP contribution in [0, 0.1) is 5.21 Å². The molecular weight excluding hydrogens is 446 g/mol. The number of anilines is 2. The zero-order valence-corrected chi connectivity index (χ0v) is 18.6. The van der Waals surface area contributed by atoms with Crippen LogP contribution >= 0.6 is 11.6 Å². The van der Waals surface area contributed by atoms with Crippen LogP contribution in [0.5, 0.6) is 0 Å². The highest BCUT2D eigenvalue weighted by Gasteiger charge is 2.40. The van der Waals surface area contributed by atoms with Gasteiger partial charge in [0.2, 0.25) is 0 Å². The van der Waals surface area contributed by atoms with Crippen molar-refractivity contribution >= 4 is 39.2 Å². The Morgan fingerprint density at radius 1 is 1.35 bits per heavy atom. The number of amides is 2. The van der Waals surface area contributed by atoms with Gasteiger partial charge in [-0.3, -0.25) is 10.00 Å². The number of halogens is 1. The Labute approximate surface area is 185 Å². The molecule has 12 heteroatoms. The number of fused-ring (bicyclic) bond motifs is 1. The first-order valence-electron chi connectivity index (χ1n) is 10.0. The first kappa shape index (κ1) is 22.0. The van der Waals surface area contributed by atoms with Crippen molar-refractivity contribution in [3.63, 3.8) is 0 Å². The lowest BCUT2D eigenvalue weighted by Gasteiger charge is -2.35. The monoisotopic (exact) mass is 469 g/mol. The number of hydroxylamine groups is 1. The summed E-state index contributed by atoms with van der Waals surface area (Å²) in [5.74, 6) is 0. The predicted octanol–water partition coefficient (Wildman–Crippen LogP) is 1.41. The van der Waals surface area contributed by atoms with Crippen LogP contribution in [0.25, 0.3) is 0 Å². The first-order chi connectivity index (χ1) is 14.8. The number of ether oxygens (including phenoxy) is 1. The van der Waals surface area contributed by atoms with Crippen LogP contribution < -0.4 is 14.1 Å². The summed E-state index contributed by atoms with van der Waals surface area (Å²) in [6.07, 6.45) is 6.14. The number of aryl methyl sites for hydroxylation is 2. The summed E-state index contributed by atoms with van der Waals surface area (Å²) in [5.41, 5.74) is 2.50. The molecule has 0 saturated carbocycles. The van der Waals surface area contributed by atoms with Crippen molar-refractivity contribution in [3.8, 4) is 0 Å². The molecule has 1 atom stereocenters. The van der Waals surface area contributed by atoms with E-state index in [-0.39, 0.29) is 5.69 Å². The molecule has 2 N–H and O–H groups in total. The van der Waals surface area contributed by atoms with E-state index in [1.807, 2.05) is 6.07 Å². The molecule has 2 heterocycles. The summed E-state index contributed by atoms with van der Waals surface area (Å²) in [4.78, 5) is 12.7. The van der Waals surface area contributed by atoms with E-state index in [2.05, 4.69) is 10.4 Å². The molecule has 1 fully saturated rings. The number of urea groups is 1. The minimum absolute atomic E-state index is 0.235. The lowest BCUT2D eigenvalue weighted by atomic mass is 10.1. The van der Waals surface area contributed by atoms with Crippen molar-refractivity contribution in [3.05, 3.63) is 45.9 Å². The van der Waals surface area contributed by atoms with E-state index >= 15 is 0 Å². The van der Waals surface area contributed by atoms with E-state index in [9.17, 15) is 18.4 Å². The molecule has 1 aromatic heterocycles. The molecule has 1 unspecified atom stereocenters. The normalized spacial score (nSPS) is 17.9. The second-order valence-electron chi connectivity index (χ2n) is 7.70. The Bertz CT molecular complexity index is 1080. The molecule has 1 aliphatic carbocycles. The highest BCUT2D eigenvalue weighted by atomic mass is 35.5. The van der Waals surface area contributed by atoms with Gasteiger partial charge in [0.05, 0.1) is 23.6 Å². The number of nitrogens with zero attached hydrogens (tertiary/aromatic N) is 3. The second-order valence-corrected chi connectivity index (χ2v) is 9.85. The standard InChI is InChI=1S/C19H24ClN5O5S/c1-23-12-16(11-21-23)24(15-5-7-30-8-6-15)31(28,29)25(27)19(26)22-18-10-14(20)9-13-3-2-4-17(13)18/h9-12,15,25H,2-8H2,1H3,(H,22,26). The molecule has 2 aliphatic rings. The molecular formula is C19H24ClN5O5S. The van der Waals surface area contributed by atoms with Crippen molar-refractivity contribution in [1.29, 1.82) is 0 Å². The fourth-order valence-electron chi connectivity index (χ4n) is 4.15. The van der Waals surface area contributed by atoms with Gasteiger partial charge in [0.1, 0.15) is 0 Å². The van der Waals surface area contributed by atoms with Gasteiger partial charge < -0.3 is 9.94 Å². The molecule has 1 aliphatic heterocycles. The fraction of sp³-hybridized carbons (Fsp3) is 0.474. The number of benzene rings is 1. The van der Waals surface area contributed by atoms with Crippen LogP contribution in [0.4, 0.5) is 16.2 Å². The van der Waals surface area contributed by atoms with Gasteiger partial charge in [-0.1, -0.05) is 11.6 Å². The number of rotatable bonds is 5. The maximum atomic E-state index is 13.3. The SMILES string of the molecule is Cn1cc(N(C2CCOCC2)S(=O)(=O)[NH+]([O-])C(=O)Nc2cc(Cl)cc3c2CCC3)cn1. The molecule has 0 radical (unpaired) electrons. The quantitative estimate of drug-likeness (QED) is 0.638. The second kappa shape index (κ2) is 8.75. The van der Waals surface area contributed by atoms with Gasteiger partial charge >= 0.3 is 16.2 Å². The lowest BCUT2D eigenvalue weighted by Crippen LogP contribution is -3.14. The Morgan fingerprint density at radius 3 is 2.77 bits per heavy atom. The summed E-state index contributed by atoms with van der Waals surface area (Å²) >= 11 is 6.13. The zero-order valence-electron chi connectivity index (χ0n) is 17.0. The van der Waals surface area contributed by atoms with Crippen molar-refractivity contribution in [1.82, 2.24) is 9.78 Å². The van der Waals surface area contributed by atoms with Gasteiger partial charge in [-0.2, -0.15) is 18.0 Å². The molecule has 2 aromatic rings. The number of aromatic nitrogens is 2. The summed E-state index contributed by atoms with van der Waals surface area (Å²) in [6, 6.07) is 1.65. The van der Waals surface area contributed by atoms with Gasteiger partial charge in [0, 0.05) is 31.5 Å². The van der Waals surface area contributed by atoms with Gasteiger partial charge in [0.25, 0.3) is 0 Å². The number of nitrogens with one attached hydrogen (secondary N) is 2. The summed E-state index contributed by atoms with van der Waals surface area (Å²) < 4.78 is 32.8. The van der Waals surface area contributed by atoms with Crippen molar-refractivity contribution in [2.45, 2.75) is 38.1 Å². The van der Waals surface area contributed by atoms with Gasteiger partial charge in [-0.25, -0.2) is 9.10 Å². The molecule has 1 saturated heterocycles. The maximum absolute atomic E-state index is 13.3. The highest BCUT2D eigenvalue weighted by molar-refractivity contribution is 7.86. The van der Waals surface area contributed by atoms with Gasteiger partial charge in [0.15, 0.2) is 0 Å². The third-order valence-corrected chi connectivity index (χ3v) is 7.47. The molecule has 2 amide bonds. The van der Waals surface area contributed by atoms with Crippen LogP contribution in [0.1, 0.15) is 30.4 Å². The molecule has 0 spiro atoms. The van der Waals surface area contributed by atoms with Crippen LogP contribution in [0.15, 0.2) is 24.5 Å². The molecule has 0 bridgehead atoms. The Morgan fingerprint density at radius 2 is 2.10 bits per heavy atom. The minimum Gasteiger partial charge on any atom is -0.608 e. The average molecular weight is 470 g/mol. The van der Waals surface area contributed by atoms with Crippen LogP contribution in [0.3, 0.4) is 0 Å². The molecule has 10 nitrogen and oxygen atoms in total. The van der Waals surface area contributed by atoms with E-state index in [1.54, 1.807) is 13.1 Å². The van der Waals surface area contributed by atoms with Crippen molar-refractivity contribution in [2.24, 2.45) is 7.05 Å². The topological polar surface area (TPSA) is 121 Å². The Balaban J connectivity index is 1.62. The fourth-order valence-corrected chi connectivity index (χ4v) is 5.83. The summed E-state index contributed by atoms with van der Waals surface area (Å²) in [6.45, 7) is 0.734. The number of carbonyl (C=O) groups excluding carboxylic acids is 1. The van der Waals surface area contributed by atoms with E-state index < -0.39 is 26.8 Å². The number of carbonyl (C=O) groups is 1. The first-order valence-corrected chi connectivity index (χ1v) is 11.9. The molecule has 31 heavy (non-hydrogen) atoms. The highest BCUT2D eigenvalue weighted by Crippen LogP contribution is 2.32. The summed E-state index contributed by atoms with van der Waals surface area (Å²) in [5, 5.41) is 19.8. The van der Waals surface area contributed by atoms with E-state index in [1.165, 1.54) is 17.1 Å². The van der Waals surface area contributed by atoms with Crippen LogP contribution in [-0.4, -0.2) is 43.5 Å². The largest absolute Gasteiger partial charge is 0.608 e. The Hall–Kier alpha value is -2.18.